The van der Waals surface area contributed by atoms with Crippen LogP contribution in [0.4, 0.5) is 0 Å². The Hall–Kier alpha value is -2.37. The fourth-order valence-corrected chi connectivity index (χ4v) is 6.97. The van der Waals surface area contributed by atoms with Gasteiger partial charge in [0, 0.05) is 31.2 Å². The maximum Gasteiger partial charge on any atom is 0.329 e. The number of benzene rings is 2. The summed E-state index contributed by atoms with van der Waals surface area (Å²) in [5, 5.41) is 0. The lowest BCUT2D eigenvalue weighted by Crippen LogP contribution is -2.50. The second kappa shape index (κ2) is 11.8. The van der Waals surface area contributed by atoms with Crippen LogP contribution >= 0.6 is 0 Å². The molecular weight excluding hydrogens is 444 g/mol. The van der Waals surface area contributed by atoms with Crippen LogP contribution in [0.5, 0.6) is 0 Å². The molecule has 0 bridgehead atoms. The Kier molecular flexibility index (Phi) is 8.28. The summed E-state index contributed by atoms with van der Waals surface area (Å²) >= 11 is 0. The van der Waals surface area contributed by atoms with Gasteiger partial charge in [0.25, 0.3) is 0 Å². The predicted molar refractivity (Wildman–Crippen MR) is 149 cm³/mol. The van der Waals surface area contributed by atoms with Crippen molar-refractivity contribution < 1.29 is 0 Å². The maximum absolute atomic E-state index is 13.7. The molecule has 5 nitrogen and oxygen atoms in total. The van der Waals surface area contributed by atoms with E-state index in [0.717, 1.165) is 75.7 Å². The van der Waals surface area contributed by atoms with Gasteiger partial charge in [-0.05, 0) is 62.8 Å². The number of piperidine rings is 1. The molecule has 194 valence electrons. The first-order valence-electron chi connectivity index (χ1n) is 14.4. The van der Waals surface area contributed by atoms with E-state index in [1.807, 2.05) is 4.57 Å². The number of hydrogen-bond donors (Lipinski definition) is 1. The Morgan fingerprint density at radius 2 is 1.42 bits per heavy atom. The zero-order valence-electron chi connectivity index (χ0n) is 21.9. The van der Waals surface area contributed by atoms with E-state index < -0.39 is 0 Å². The minimum atomic E-state index is 0.158. The lowest BCUT2D eigenvalue weighted by Gasteiger charge is -2.47. The van der Waals surface area contributed by atoms with Gasteiger partial charge in [0.05, 0.1) is 11.0 Å². The largest absolute Gasteiger partial charge is 0.330 e. The number of hydrogen-bond acceptors (Lipinski definition) is 3. The molecule has 5 heteroatoms. The lowest BCUT2D eigenvalue weighted by molar-refractivity contribution is 0.0354. The number of aromatic nitrogens is 2. The van der Waals surface area contributed by atoms with Crippen LogP contribution in [0.15, 0.2) is 59.4 Å². The number of imidazole rings is 1. The number of unbranched alkanes of at least 4 members (excludes halogenated alkanes) is 3. The van der Waals surface area contributed by atoms with Crippen LogP contribution in [0.25, 0.3) is 11.0 Å². The molecule has 0 amide bonds. The van der Waals surface area contributed by atoms with Gasteiger partial charge in [-0.15, -0.1) is 0 Å². The minimum absolute atomic E-state index is 0.158. The molecule has 0 radical (unpaired) electrons. The van der Waals surface area contributed by atoms with E-state index in [2.05, 4.69) is 64.1 Å². The first-order valence-corrected chi connectivity index (χ1v) is 14.4. The Balaban J connectivity index is 1.36. The van der Waals surface area contributed by atoms with Gasteiger partial charge in [-0.3, -0.25) is 14.0 Å². The van der Waals surface area contributed by atoms with E-state index in [0.29, 0.717) is 0 Å². The predicted octanol–water partition coefficient (Wildman–Crippen LogP) is 6.21. The first-order chi connectivity index (χ1) is 17.7. The molecule has 5 rings (SSSR count). The molecule has 3 aromatic rings. The summed E-state index contributed by atoms with van der Waals surface area (Å²) in [6, 6.07) is 19.9. The zero-order valence-corrected chi connectivity index (χ0v) is 21.9. The standard InChI is InChI=1S/C31H44N4O/c32-22-12-3-4-13-23-34-28-16-8-9-17-29(28)35(30(34)36)27-18-24-33(25-19-27)31(20-10-1-2-11-21-31)26-14-6-5-7-15-26/h5-9,14-17,27H,1-4,10-13,18-25,32H2. The Labute approximate surface area is 216 Å². The molecule has 1 aliphatic carbocycles. The third kappa shape index (κ3) is 5.05. The van der Waals surface area contributed by atoms with Crippen molar-refractivity contribution in [1.82, 2.24) is 14.0 Å². The molecule has 1 aromatic heterocycles. The normalized spacial score (nSPS) is 19.5. The highest BCUT2D eigenvalue weighted by molar-refractivity contribution is 5.76. The number of rotatable bonds is 9. The zero-order chi connectivity index (χ0) is 24.8. The number of likely N-dealkylation sites (tertiary alicyclic amines) is 1. The molecule has 1 saturated carbocycles. The second-order valence-electron chi connectivity index (χ2n) is 11.0. The van der Waals surface area contributed by atoms with Gasteiger partial charge in [0.2, 0.25) is 0 Å². The topological polar surface area (TPSA) is 56.2 Å². The van der Waals surface area contributed by atoms with E-state index in [9.17, 15) is 4.79 Å². The van der Waals surface area contributed by atoms with Crippen molar-refractivity contribution in [3.8, 4) is 0 Å². The summed E-state index contributed by atoms with van der Waals surface area (Å²) in [4.78, 5) is 16.5. The lowest BCUT2D eigenvalue weighted by atomic mass is 9.79. The van der Waals surface area contributed by atoms with Crippen LogP contribution in [-0.4, -0.2) is 33.7 Å². The average molecular weight is 489 g/mol. The fourth-order valence-electron chi connectivity index (χ4n) is 6.97. The highest BCUT2D eigenvalue weighted by atomic mass is 16.1. The van der Waals surface area contributed by atoms with E-state index in [-0.39, 0.29) is 17.3 Å². The fraction of sp³-hybridized carbons (Fsp3) is 0.581. The average Bonchev–Trinajstić information content (AvgIpc) is 3.06. The molecular formula is C31H44N4O. The maximum atomic E-state index is 13.7. The summed E-state index contributed by atoms with van der Waals surface area (Å²) in [5.41, 5.74) is 9.68. The molecule has 36 heavy (non-hydrogen) atoms. The molecule has 2 aromatic carbocycles. The van der Waals surface area contributed by atoms with Crippen molar-refractivity contribution in [3.63, 3.8) is 0 Å². The van der Waals surface area contributed by atoms with Crippen LogP contribution in [0.3, 0.4) is 0 Å². The van der Waals surface area contributed by atoms with Crippen molar-refractivity contribution in [2.45, 2.75) is 95.2 Å². The van der Waals surface area contributed by atoms with Gasteiger partial charge in [0.15, 0.2) is 0 Å². The van der Waals surface area contributed by atoms with Crippen LogP contribution < -0.4 is 11.4 Å². The highest BCUT2D eigenvalue weighted by Crippen LogP contribution is 2.43. The van der Waals surface area contributed by atoms with E-state index in [1.54, 1.807) is 0 Å². The van der Waals surface area contributed by atoms with Crippen molar-refractivity contribution in [1.29, 1.82) is 0 Å². The first kappa shape index (κ1) is 25.3. The Morgan fingerprint density at radius 1 is 0.778 bits per heavy atom. The molecule has 2 fully saturated rings. The van der Waals surface area contributed by atoms with Gasteiger partial charge >= 0.3 is 5.69 Å². The van der Waals surface area contributed by atoms with Gasteiger partial charge in [-0.2, -0.15) is 0 Å². The van der Waals surface area contributed by atoms with Crippen LogP contribution in [0.2, 0.25) is 0 Å². The number of fused-ring (bicyclic) bond motifs is 1. The highest BCUT2D eigenvalue weighted by Gasteiger charge is 2.40. The quantitative estimate of drug-likeness (QED) is 0.288. The molecule has 0 unspecified atom stereocenters. The summed E-state index contributed by atoms with van der Waals surface area (Å²) in [5.74, 6) is 0. The third-order valence-corrected chi connectivity index (χ3v) is 8.88. The van der Waals surface area contributed by atoms with Crippen LogP contribution in [0.1, 0.15) is 88.7 Å². The summed E-state index contributed by atoms with van der Waals surface area (Å²) in [6.07, 6.45) is 14.3. The molecule has 2 aliphatic rings. The molecule has 2 heterocycles. The Bertz CT molecular complexity index is 1150. The summed E-state index contributed by atoms with van der Waals surface area (Å²) < 4.78 is 4.16. The van der Waals surface area contributed by atoms with E-state index in [4.69, 9.17) is 5.73 Å². The van der Waals surface area contributed by atoms with E-state index in [1.165, 1.54) is 44.1 Å². The van der Waals surface area contributed by atoms with Crippen LogP contribution in [-0.2, 0) is 12.1 Å². The van der Waals surface area contributed by atoms with Gasteiger partial charge < -0.3 is 5.73 Å². The van der Waals surface area contributed by atoms with Gasteiger partial charge in [-0.1, -0.05) is 81.0 Å². The van der Waals surface area contributed by atoms with Gasteiger partial charge in [-0.25, -0.2) is 4.79 Å². The molecule has 1 aliphatic heterocycles. The second-order valence-corrected chi connectivity index (χ2v) is 11.0. The summed E-state index contributed by atoms with van der Waals surface area (Å²) in [7, 11) is 0. The van der Waals surface area contributed by atoms with E-state index >= 15 is 0 Å². The Morgan fingerprint density at radius 3 is 2.11 bits per heavy atom. The summed E-state index contributed by atoms with van der Waals surface area (Å²) in [6.45, 7) is 3.67. The smallest absolute Gasteiger partial charge is 0.329 e. The minimum Gasteiger partial charge on any atom is -0.330 e. The number of nitrogens with zero attached hydrogens (tertiary/aromatic N) is 3. The SMILES string of the molecule is NCCCCCCn1c(=O)n(C2CCN(C3(c4ccccc4)CCCCCC3)CC2)c2ccccc21. The third-order valence-electron chi connectivity index (χ3n) is 8.88. The van der Waals surface area contributed by atoms with Crippen molar-refractivity contribution in [3.05, 3.63) is 70.6 Å². The van der Waals surface area contributed by atoms with Gasteiger partial charge in [0.1, 0.15) is 0 Å². The number of para-hydroxylation sites is 2. The molecule has 0 atom stereocenters. The number of aryl methyl sites for hydroxylation is 1. The molecule has 1 saturated heterocycles. The van der Waals surface area contributed by atoms with Crippen molar-refractivity contribution in [2.24, 2.45) is 5.73 Å². The molecule has 0 spiro atoms. The molecule has 2 N–H and O–H groups in total. The van der Waals surface area contributed by atoms with Crippen LogP contribution in [0, 0.1) is 0 Å². The van der Waals surface area contributed by atoms with Crippen molar-refractivity contribution >= 4 is 11.0 Å². The number of nitrogens with two attached hydrogens (primary N) is 1. The van der Waals surface area contributed by atoms with Crippen molar-refractivity contribution in [2.75, 3.05) is 19.6 Å². The monoisotopic (exact) mass is 488 g/mol.